The first-order chi connectivity index (χ1) is 10.9. The number of rotatable bonds is 3. The molecule has 1 aromatic heterocycles. The summed E-state index contributed by atoms with van der Waals surface area (Å²) in [4.78, 5) is 33.6. The Bertz CT molecular complexity index is 869. The van der Waals surface area contributed by atoms with E-state index in [0.717, 1.165) is 0 Å². The van der Waals surface area contributed by atoms with Crippen LogP contribution in [0.5, 0.6) is 0 Å². The molecule has 2 aromatic rings. The Balaban J connectivity index is 1.92. The minimum Gasteiger partial charge on any atom is -0.478 e. The molecule has 0 atom stereocenters. The van der Waals surface area contributed by atoms with E-state index in [1.165, 1.54) is 18.2 Å². The summed E-state index contributed by atoms with van der Waals surface area (Å²) >= 11 is 5.82. The second kappa shape index (κ2) is 5.62. The number of carboxylic acid groups (broad SMARTS) is 1. The van der Waals surface area contributed by atoms with E-state index in [1.807, 2.05) is 0 Å². The number of amides is 3. The van der Waals surface area contributed by atoms with Crippen molar-refractivity contribution >= 4 is 35.6 Å². The van der Waals surface area contributed by atoms with Gasteiger partial charge in [-0.3, -0.25) is 10.1 Å². The highest BCUT2D eigenvalue weighted by atomic mass is 35.5. The van der Waals surface area contributed by atoms with Crippen LogP contribution in [0.2, 0.25) is 5.02 Å². The van der Waals surface area contributed by atoms with Gasteiger partial charge in [-0.25, -0.2) is 9.59 Å². The molecule has 1 aliphatic heterocycles. The number of urea groups is 1. The molecule has 0 bridgehead atoms. The molecule has 8 heteroatoms. The van der Waals surface area contributed by atoms with Crippen molar-refractivity contribution in [3.63, 3.8) is 0 Å². The van der Waals surface area contributed by atoms with E-state index in [9.17, 15) is 14.4 Å². The number of furan rings is 1. The molecule has 0 unspecified atom stereocenters. The number of carboxylic acids is 1. The SMILES string of the molecule is O=C1NC(=O)C(=Cc2ccc(-c3ccc(Cl)c(C(=O)O)c3)o2)N1. The van der Waals surface area contributed by atoms with Crippen molar-refractivity contribution in [2.24, 2.45) is 0 Å². The summed E-state index contributed by atoms with van der Waals surface area (Å²) in [6.45, 7) is 0. The molecule has 23 heavy (non-hydrogen) atoms. The zero-order valence-electron chi connectivity index (χ0n) is 11.4. The van der Waals surface area contributed by atoms with Crippen molar-refractivity contribution in [2.75, 3.05) is 0 Å². The molecule has 1 aliphatic rings. The quantitative estimate of drug-likeness (QED) is 0.591. The molecule has 3 rings (SSSR count). The standard InChI is InChI=1S/C15H9ClN2O5/c16-10-3-1-7(5-9(10)14(20)21)12-4-2-8(23-12)6-11-13(19)18-15(22)17-11/h1-6H,(H,20,21)(H2,17,18,19,22). The Morgan fingerprint density at radius 2 is 1.96 bits per heavy atom. The van der Waals surface area contributed by atoms with E-state index in [4.69, 9.17) is 21.1 Å². The number of nitrogens with one attached hydrogen (secondary N) is 2. The monoisotopic (exact) mass is 332 g/mol. The van der Waals surface area contributed by atoms with Crippen LogP contribution in [0, 0.1) is 0 Å². The van der Waals surface area contributed by atoms with Crippen LogP contribution < -0.4 is 10.6 Å². The molecule has 3 N–H and O–H groups in total. The molecule has 2 heterocycles. The van der Waals surface area contributed by atoms with Gasteiger partial charge in [-0.05, 0) is 30.3 Å². The summed E-state index contributed by atoms with van der Waals surface area (Å²) in [5.41, 5.74) is 0.553. The van der Waals surface area contributed by atoms with Crippen molar-refractivity contribution in [3.8, 4) is 11.3 Å². The summed E-state index contributed by atoms with van der Waals surface area (Å²) in [7, 11) is 0. The second-order valence-electron chi connectivity index (χ2n) is 4.67. The normalized spacial score (nSPS) is 15.6. The van der Waals surface area contributed by atoms with Gasteiger partial charge in [-0.1, -0.05) is 11.6 Å². The van der Waals surface area contributed by atoms with Gasteiger partial charge in [0, 0.05) is 11.6 Å². The Morgan fingerprint density at radius 3 is 2.61 bits per heavy atom. The number of carbonyl (C=O) groups excluding carboxylic acids is 2. The minimum absolute atomic E-state index is 0.0390. The topological polar surface area (TPSA) is 109 Å². The maximum absolute atomic E-state index is 11.4. The van der Waals surface area contributed by atoms with Crippen LogP contribution in [0.3, 0.4) is 0 Å². The largest absolute Gasteiger partial charge is 0.478 e. The second-order valence-corrected chi connectivity index (χ2v) is 5.08. The van der Waals surface area contributed by atoms with E-state index in [0.29, 0.717) is 17.1 Å². The van der Waals surface area contributed by atoms with Crippen LogP contribution in [0.25, 0.3) is 17.4 Å². The summed E-state index contributed by atoms with van der Waals surface area (Å²) in [6.07, 6.45) is 1.37. The van der Waals surface area contributed by atoms with Gasteiger partial charge in [-0.2, -0.15) is 0 Å². The predicted molar refractivity (Wildman–Crippen MR) is 80.8 cm³/mol. The third-order valence-electron chi connectivity index (χ3n) is 3.11. The molecule has 0 spiro atoms. The van der Waals surface area contributed by atoms with Crippen LogP contribution >= 0.6 is 11.6 Å². The van der Waals surface area contributed by atoms with Gasteiger partial charge in [0.25, 0.3) is 5.91 Å². The van der Waals surface area contributed by atoms with E-state index >= 15 is 0 Å². The number of carbonyl (C=O) groups is 3. The third-order valence-corrected chi connectivity index (χ3v) is 3.44. The van der Waals surface area contributed by atoms with Crippen LogP contribution in [0.4, 0.5) is 4.79 Å². The summed E-state index contributed by atoms with van der Waals surface area (Å²) < 4.78 is 5.55. The van der Waals surface area contributed by atoms with Gasteiger partial charge in [0.2, 0.25) is 0 Å². The third kappa shape index (κ3) is 2.95. The number of hydrogen-bond acceptors (Lipinski definition) is 4. The first-order valence-electron chi connectivity index (χ1n) is 6.41. The lowest BCUT2D eigenvalue weighted by molar-refractivity contribution is -0.115. The molecule has 0 aliphatic carbocycles. The number of imide groups is 1. The molecule has 3 amide bonds. The summed E-state index contributed by atoms with van der Waals surface area (Å²) in [5, 5.41) is 13.6. The fourth-order valence-electron chi connectivity index (χ4n) is 2.05. The molecular weight excluding hydrogens is 324 g/mol. The van der Waals surface area contributed by atoms with Crippen LogP contribution in [0.15, 0.2) is 40.4 Å². The zero-order valence-corrected chi connectivity index (χ0v) is 12.2. The Kier molecular flexibility index (Phi) is 3.63. The lowest BCUT2D eigenvalue weighted by Gasteiger charge is -2.02. The molecule has 0 radical (unpaired) electrons. The van der Waals surface area contributed by atoms with Crippen molar-refractivity contribution < 1.29 is 23.9 Å². The minimum atomic E-state index is -1.14. The van der Waals surface area contributed by atoms with Gasteiger partial charge in [-0.15, -0.1) is 0 Å². The Labute approximate surface area is 134 Å². The maximum Gasteiger partial charge on any atom is 0.337 e. The van der Waals surface area contributed by atoms with Crippen molar-refractivity contribution in [2.45, 2.75) is 0 Å². The van der Waals surface area contributed by atoms with Crippen molar-refractivity contribution in [3.05, 3.63) is 52.4 Å². The predicted octanol–water partition coefficient (Wildman–Crippen LogP) is 2.48. The van der Waals surface area contributed by atoms with Gasteiger partial charge < -0.3 is 14.8 Å². The average Bonchev–Trinajstić information content (AvgIpc) is 3.06. The van der Waals surface area contributed by atoms with E-state index in [-0.39, 0.29) is 16.3 Å². The zero-order chi connectivity index (χ0) is 16.6. The average molecular weight is 333 g/mol. The molecule has 1 fully saturated rings. The molecule has 1 aromatic carbocycles. The molecule has 116 valence electrons. The number of aromatic carboxylic acids is 1. The van der Waals surface area contributed by atoms with Crippen LogP contribution in [-0.4, -0.2) is 23.0 Å². The smallest absolute Gasteiger partial charge is 0.337 e. The Morgan fingerprint density at radius 1 is 1.17 bits per heavy atom. The number of benzene rings is 1. The summed E-state index contributed by atoms with van der Waals surface area (Å²) in [6, 6.07) is 7.09. The molecular formula is C15H9ClN2O5. The van der Waals surface area contributed by atoms with Gasteiger partial charge >= 0.3 is 12.0 Å². The first-order valence-corrected chi connectivity index (χ1v) is 6.79. The Hall–Kier alpha value is -3.06. The van der Waals surface area contributed by atoms with Crippen LogP contribution in [-0.2, 0) is 4.79 Å². The number of halogens is 1. The lowest BCUT2D eigenvalue weighted by atomic mass is 10.1. The molecule has 1 saturated heterocycles. The van der Waals surface area contributed by atoms with Crippen LogP contribution in [0.1, 0.15) is 16.1 Å². The lowest BCUT2D eigenvalue weighted by Crippen LogP contribution is -2.22. The number of hydrogen-bond donors (Lipinski definition) is 3. The van der Waals surface area contributed by atoms with Crippen molar-refractivity contribution in [1.82, 2.24) is 10.6 Å². The molecule has 7 nitrogen and oxygen atoms in total. The highest BCUT2D eigenvalue weighted by Crippen LogP contribution is 2.27. The highest BCUT2D eigenvalue weighted by molar-refractivity contribution is 6.33. The fourth-order valence-corrected chi connectivity index (χ4v) is 2.25. The van der Waals surface area contributed by atoms with E-state index in [2.05, 4.69) is 10.6 Å². The van der Waals surface area contributed by atoms with Gasteiger partial charge in [0.1, 0.15) is 17.2 Å². The van der Waals surface area contributed by atoms with Gasteiger partial charge in [0.15, 0.2) is 0 Å². The van der Waals surface area contributed by atoms with E-state index in [1.54, 1.807) is 18.2 Å². The summed E-state index contributed by atoms with van der Waals surface area (Å²) in [5.74, 6) is -0.955. The molecule has 0 saturated carbocycles. The fraction of sp³-hybridized carbons (Fsp3) is 0. The van der Waals surface area contributed by atoms with Gasteiger partial charge in [0.05, 0.1) is 10.6 Å². The maximum atomic E-state index is 11.4. The highest BCUT2D eigenvalue weighted by Gasteiger charge is 2.23. The first kappa shape index (κ1) is 14.9. The van der Waals surface area contributed by atoms with Crippen molar-refractivity contribution in [1.29, 1.82) is 0 Å². The van der Waals surface area contributed by atoms with E-state index < -0.39 is 17.9 Å².